The number of hydrogen-bond acceptors (Lipinski definition) is 3. The molecule has 0 radical (unpaired) electrons. The first-order valence-electron chi connectivity index (χ1n) is 7.08. The van der Waals surface area contributed by atoms with E-state index in [9.17, 15) is 4.79 Å². The van der Waals surface area contributed by atoms with E-state index in [1.807, 2.05) is 0 Å². The summed E-state index contributed by atoms with van der Waals surface area (Å²) in [5.41, 5.74) is 5.80. The fraction of sp³-hybridized carbons (Fsp3) is 0.929. The van der Waals surface area contributed by atoms with Crippen LogP contribution in [0.1, 0.15) is 51.9 Å². The van der Waals surface area contributed by atoms with Crippen molar-refractivity contribution in [3.05, 3.63) is 0 Å². The Morgan fingerprint density at radius 1 is 1.53 bits per heavy atom. The van der Waals surface area contributed by atoms with Gasteiger partial charge in [0, 0.05) is 25.0 Å². The van der Waals surface area contributed by atoms with Crippen LogP contribution in [0.25, 0.3) is 0 Å². The summed E-state index contributed by atoms with van der Waals surface area (Å²) < 4.78 is 5.87. The molecule has 1 saturated carbocycles. The lowest BCUT2D eigenvalue weighted by atomic mass is 9.70. The van der Waals surface area contributed by atoms with Crippen molar-refractivity contribution < 1.29 is 9.53 Å². The lowest BCUT2D eigenvalue weighted by molar-refractivity contribution is -0.157. The second-order valence-corrected chi connectivity index (χ2v) is 5.70. The Labute approximate surface area is 104 Å². The Morgan fingerprint density at radius 2 is 2.29 bits per heavy atom. The van der Waals surface area contributed by atoms with Crippen molar-refractivity contribution in [2.24, 2.45) is 17.6 Å². The van der Waals surface area contributed by atoms with Gasteiger partial charge in [0.2, 0.25) is 0 Å². The number of carbonyl (C=O) groups excluding carboxylic acids is 1. The monoisotopic (exact) mass is 239 g/mol. The standard InChI is InChI=1S/C14H25NO2/c1-2-4-12(10-15)13(16)11-5-8-17-14(9-11)6-3-7-14/h11-12H,2-10,15H2,1H3. The predicted molar refractivity (Wildman–Crippen MR) is 67.7 cm³/mol. The first kappa shape index (κ1) is 13.0. The molecule has 2 rings (SSSR count). The van der Waals surface area contributed by atoms with Gasteiger partial charge >= 0.3 is 0 Å². The molecular weight excluding hydrogens is 214 g/mol. The van der Waals surface area contributed by atoms with Gasteiger partial charge in [0.15, 0.2) is 0 Å². The molecule has 1 aliphatic carbocycles. The molecule has 3 heteroatoms. The van der Waals surface area contributed by atoms with Gasteiger partial charge in [0.05, 0.1) is 5.60 Å². The number of ketones is 1. The summed E-state index contributed by atoms with van der Waals surface area (Å²) in [5, 5.41) is 0. The first-order valence-corrected chi connectivity index (χ1v) is 7.08. The fourth-order valence-electron chi connectivity index (χ4n) is 3.25. The molecule has 0 aromatic rings. The van der Waals surface area contributed by atoms with Gasteiger partial charge < -0.3 is 10.5 Å². The van der Waals surface area contributed by atoms with Crippen molar-refractivity contribution >= 4 is 5.78 Å². The van der Waals surface area contributed by atoms with Crippen LogP contribution in [0.2, 0.25) is 0 Å². The third kappa shape index (κ3) is 2.71. The van der Waals surface area contributed by atoms with Crippen LogP contribution in [0.15, 0.2) is 0 Å². The molecule has 3 nitrogen and oxygen atoms in total. The molecule has 98 valence electrons. The van der Waals surface area contributed by atoms with Crippen LogP contribution in [0.3, 0.4) is 0 Å². The highest BCUT2D eigenvalue weighted by Crippen LogP contribution is 2.44. The third-order valence-electron chi connectivity index (χ3n) is 4.48. The lowest BCUT2D eigenvalue weighted by Crippen LogP contribution is -2.48. The van der Waals surface area contributed by atoms with Crippen molar-refractivity contribution in [2.75, 3.05) is 13.2 Å². The Morgan fingerprint density at radius 3 is 2.82 bits per heavy atom. The molecule has 2 fully saturated rings. The molecule has 0 aromatic heterocycles. The average molecular weight is 239 g/mol. The minimum atomic E-state index is 0.0734. The number of Topliss-reactive ketones (excluding diaryl/α,β-unsaturated/α-hetero) is 1. The molecule has 0 amide bonds. The van der Waals surface area contributed by atoms with Gasteiger partial charge in [-0.15, -0.1) is 0 Å². The summed E-state index contributed by atoms with van der Waals surface area (Å²) in [6, 6.07) is 0. The van der Waals surface area contributed by atoms with Crippen molar-refractivity contribution in [3.8, 4) is 0 Å². The molecule has 2 unspecified atom stereocenters. The maximum atomic E-state index is 12.4. The molecular formula is C14H25NO2. The molecule has 1 saturated heterocycles. The van der Waals surface area contributed by atoms with E-state index in [-0.39, 0.29) is 17.4 Å². The highest BCUT2D eigenvalue weighted by molar-refractivity contribution is 5.83. The predicted octanol–water partition coefficient (Wildman–Crippen LogP) is 2.28. The minimum absolute atomic E-state index is 0.0734. The van der Waals surface area contributed by atoms with Gasteiger partial charge in [-0.05, 0) is 38.5 Å². The van der Waals surface area contributed by atoms with E-state index in [1.165, 1.54) is 6.42 Å². The summed E-state index contributed by atoms with van der Waals surface area (Å²) in [6.07, 6.45) is 7.40. The van der Waals surface area contributed by atoms with E-state index in [1.54, 1.807) is 0 Å². The fourth-order valence-corrected chi connectivity index (χ4v) is 3.25. The molecule has 0 bridgehead atoms. The van der Waals surface area contributed by atoms with E-state index in [0.29, 0.717) is 12.3 Å². The Hall–Kier alpha value is -0.410. The maximum Gasteiger partial charge on any atom is 0.140 e. The van der Waals surface area contributed by atoms with Gasteiger partial charge in [0.1, 0.15) is 5.78 Å². The molecule has 2 N–H and O–H groups in total. The van der Waals surface area contributed by atoms with E-state index in [0.717, 1.165) is 45.1 Å². The molecule has 2 atom stereocenters. The molecule has 17 heavy (non-hydrogen) atoms. The molecule has 1 spiro atoms. The van der Waals surface area contributed by atoms with Gasteiger partial charge in [-0.2, -0.15) is 0 Å². The van der Waals surface area contributed by atoms with Crippen molar-refractivity contribution in [2.45, 2.75) is 57.5 Å². The zero-order valence-corrected chi connectivity index (χ0v) is 10.9. The first-order chi connectivity index (χ1) is 8.21. The van der Waals surface area contributed by atoms with E-state index < -0.39 is 0 Å². The second kappa shape index (κ2) is 5.49. The molecule has 1 aliphatic heterocycles. The van der Waals surface area contributed by atoms with Crippen LogP contribution < -0.4 is 5.73 Å². The van der Waals surface area contributed by atoms with Crippen LogP contribution in [0.4, 0.5) is 0 Å². The number of nitrogens with two attached hydrogens (primary N) is 1. The Kier molecular flexibility index (Phi) is 4.21. The van der Waals surface area contributed by atoms with Crippen molar-refractivity contribution in [3.63, 3.8) is 0 Å². The van der Waals surface area contributed by atoms with Gasteiger partial charge in [0.25, 0.3) is 0 Å². The normalized spacial score (nSPS) is 28.7. The number of hydrogen-bond donors (Lipinski definition) is 1. The summed E-state index contributed by atoms with van der Waals surface area (Å²) >= 11 is 0. The molecule has 2 aliphatic rings. The number of carbonyl (C=O) groups is 1. The van der Waals surface area contributed by atoms with Crippen LogP contribution in [-0.2, 0) is 9.53 Å². The van der Waals surface area contributed by atoms with Gasteiger partial charge in [-0.1, -0.05) is 13.3 Å². The van der Waals surface area contributed by atoms with Crippen LogP contribution in [0, 0.1) is 11.8 Å². The van der Waals surface area contributed by atoms with Gasteiger partial charge in [-0.3, -0.25) is 4.79 Å². The minimum Gasteiger partial charge on any atom is -0.375 e. The summed E-state index contributed by atoms with van der Waals surface area (Å²) in [4.78, 5) is 12.4. The van der Waals surface area contributed by atoms with E-state index >= 15 is 0 Å². The van der Waals surface area contributed by atoms with Crippen molar-refractivity contribution in [1.82, 2.24) is 0 Å². The summed E-state index contributed by atoms with van der Waals surface area (Å²) in [6.45, 7) is 3.39. The number of rotatable bonds is 5. The Balaban J connectivity index is 1.93. The van der Waals surface area contributed by atoms with E-state index in [2.05, 4.69) is 6.92 Å². The molecule has 1 heterocycles. The van der Waals surface area contributed by atoms with Crippen molar-refractivity contribution in [1.29, 1.82) is 0 Å². The average Bonchev–Trinajstić information content (AvgIpc) is 2.33. The molecule has 0 aromatic carbocycles. The van der Waals surface area contributed by atoms with E-state index in [4.69, 9.17) is 10.5 Å². The number of ether oxygens (including phenoxy) is 1. The Bertz CT molecular complexity index is 273. The summed E-state index contributed by atoms with van der Waals surface area (Å²) in [5.74, 6) is 0.702. The van der Waals surface area contributed by atoms with Crippen LogP contribution in [0.5, 0.6) is 0 Å². The quantitative estimate of drug-likeness (QED) is 0.800. The smallest absolute Gasteiger partial charge is 0.140 e. The highest BCUT2D eigenvalue weighted by atomic mass is 16.5. The highest BCUT2D eigenvalue weighted by Gasteiger charge is 2.44. The SMILES string of the molecule is CCCC(CN)C(=O)C1CCOC2(CCC2)C1. The zero-order chi connectivity index (χ0) is 12.3. The topological polar surface area (TPSA) is 52.3 Å². The third-order valence-corrected chi connectivity index (χ3v) is 4.48. The van der Waals surface area contributed by atoms with Crippen LogP contribution >= 0.6 is 0 Å². The maximum absolute atomic E-state index is 12.4. The van der Waals surface area contributed by atoms with Crippen LogP contribution in [-0.4, -0.2) is 24.5 Å². The van der Waals surface area contributed by atoms with Gasteiger partial charge in [-0.25, -0.2) is 0 Å². The second-order valence-electron chi connectivity index (χ2n) is 5.70. The summed E-state index contributed by atoms with van der Waals surface area (Å²) in [7, 11) is 0. The lowest BCUT2D eigenvalue weighted by Gasteiger charge is -2.47. The zero-order valence-electron chi connectivity index (χ0n) is 10.9. The largest absolute Gasteiger partial charge is 0.375 e.